The zero-order valence-corrected chi connectivity index (χ0v) is 11.1. The second-order valence-corrected chi connectivity index (χ2v) is 5.39. The lowest BCUT2D eigenvalue weighted by atomic mass is 9.76. The molecule has 2 N–H and O–H groups in total. The van der Waals surface area contributed by atoms with Gasteiger partial charge in [-0.1, -0.05) is 36.9 Å². The highest BCUT2D eigenvalue weighted by Gasteiger charge is 2.31. The monoisotopic (exact) mass is 253 g/mol. The molecule has 1 aliphatic carbocycles. The first kappa shape index (κ1) is 12.9. The van der Waals surface area contributed by atoms with E-state index in [-0.39, 0.29) is 5.54 Å². The lowest BCUT2D eigenvalue weighted by Gasteiger charge is -2.35. The number of benzene rings is 1. The number of hydrogen-bond donors (Lipinski definition) is 1. The van der Waals surface area contributed by atoms with Crippen LogP contribution in [0.2, 0.25) is 5.02 Å². The largest absolute Gasteiger partial charge is 0.380 e. The van der Waals surface area contributed by atoms with Gasteiger partial charge in [-0.3, -0.25) is 0 Å². The minimum atomic E-state index is -0.184. The van der Waals surface area contributed by atoms with Crippen molar-refractivity contribution in [2.45, 2.75) is 44.2 Å². The zero-order chi connectivity index (χ0) is 12.3. The number of halogens is 1. The molecule has 0 radical (unpaired) electrons. The number of hydrogen-bond acceptors (Lipinski definition) is 2. The van der Waals surface area contributed by atoms with E-state index in [4.69, 9.17) is 22.1 Å². The fourth-order valence-corrected chi connectivity index (χ4v) is 2.97. The normalized spacial score (nSPS) is 19.2. The maximum atomic E-state index is 6.56. The maximum Gasteiger partial charge on any atom is 0.0716 e. The van der Waals surface area contributed by atoms with E-state index in [2.05, 4.69) is 6.07 Å². The van der Waals surface area contributed by atoms with Gasteiger partial charge in [-0.05, 0) is 36.1 Å². The fraction of sp³-hybridized carbons (Fsp3) is 0.571. The summed E-state index contributed by atoms with van der Waals surface area (Å²) in [4.78, 5) is 0. The number of methoxy groups -OCH3 is 1. The first-order valence-electron chi connectivity index (χ1n) is 6.22. The Bertz CT molecular complexity index is 386. The molecule has 0 unspecified atom stereocenters. The Balaban J connectivity index is 2.35. The minimum Gasteiger partial charge on any atom is -0.380 e. The van der Waals surface area contributed by atoms with Crippen molar-refractivity contribution >= 4 is 11.6 Å². The van der Waals surface area contributed by atoms with Crippen molar-refractivity contribution in [2.75, 3.05) is 7.11 Å². The quantitative estimate of drug-likeness (QED) is 0.893. The minimum absolute atomic E-state index is 0.184. The second-order valence-electron chi connectivity index (χ2n) is 4.95. The Hall–Kier alpha value is -0.570. The molecular weight excluding hydrogens is 234 g/mol. The summed E-state index contributed by atoms with van der Waals surface area (Å²) < 4.78 is 5.25. The lowest BCUT2D eigenvalue weighted by molar-refractivity contribution is 0.181. The molecule has 2 nitrogen and oxygen atoms in total. The van der Waals surface area contributed by atoms with Crippen LogP contribution in [-0.4, -0.2) is 7.11 Å². The van der Waals surface area contributed by atoms with E-state index in [0.29, 0.717) is 6.61 Å². The van der Waals surface area contributed by atoms with Gasteiger partial charge in [0.1, 0.15) is 0 Å². The molecule has 0 atom stereocenters. The highest BCUT2D eigenvalue weighted by molar-refractivity contribution is 6.30. The van der Waals surface area contributed by atoms with Gasteiger partial charge in [0.25, 0.3) is 0 Å². The van der Waals surface area contributed by atoms with Crippen LogP contribution in [0.1, 0.15) is 43.2 Å². The molecule has 0 bridgehead atoms. The molecule has 1 aromatic rings. The number of ether oxygens (including phenoxy) is 1. The van der Waals surface area contributed by atoms with Gasteiger partial charge in [-0.25, -0.2) is 0 Å². The Labute approximate surface area is 108 Å². The van der Waals surface area contributed by atoms with Crippen molar-refractivity contribution in [1.82, 2.24) is 0 Å². The molecule has 1 aromatic carbocycles. The molecule has 1 fully saturated rings. The van der Waals surface area contributed by atoms with Crippen molar-refractivity contribution < 1.29 is 4.74 Å². The molecule has 1 saturated carbocycles. The summed E-state index contributed by atoms with van der Waals surface area (Å²) >= 11 is 6.04. The molecule has 17 heavy (non-hydrogen) atoms. The van der Waals surface area contributed by atoms with Gasteiger partial charge in [0.15, 0.2) is 0 Å². The summed E-state index contributed by atoms with van der Waals surface area (Å²) in [5.41, 5.74) is 8.72. The van der Waals surface area contributed by atoms with Gasteiger partial charge in [-0.2, -0.15) is 0 Å². The highest BCUT2D eigenvalue weighted by Crippen LogP contribution is 2.37. The lowest BCUT2D eigenvalue weighted by Crippen LogP contribution is -2.39. The van der Waals surface area contributed by atoms with Crippen LogP contribution in [0.4, 0.5) is 0 Å². The molecule has 0 heterocycles. The summed E-state index contributed by atoms with van der Waals surface area (Å²) in [5.74, 6) is 0. The van der Waals surface area contributed by atoms with Crippen LogP contribution < -0.4 is 5.73 Å². The van der Waals surface area contributed by atoms with Crippen LogP contribution in [0.5, 0.6) is 0 Å². The van der Waals surface area contributed by atoms with Gasteiger partial charge >= 0.3 is 0 Å². The Morgan fingerprint density at radius 3 is 2.65 bits per heavy atom. The van der Waals surface area contributed by atoms with Crippen LogP contribution >= 0.6 is 11.6 Å². The van der Waals surface area contributed by atoms with Crippen molar-refractivity contribution in [3.8, 4) is 0 Å². The molecule has 0 saturated heterocycles. The molecule has 0 aromatic heterocycles. The SMILES string of the molecule is COCc1cc(Cl)ccc1C1(N)CCCCC1. The van der Waals surface area contributed by atoms with Crippen LogP contribution in [-0.2, 0) is 16.9 Å². The standard InChI is InChI=1S/C14H20ClNO/c1-17-10-11-9-12(15)5-6-13(11)14(16)7-3-2-4-8-14/h5-6,9H,2-4,7-8,10,16H2,1H3. The van der Waals surface area contributed by atoms with Crippen LogP contribution in [0, 0.1) is 0 Å². The van der Waals surface area contributed by atoms with Gasteiger partial charge in [0.05, 0.1) is 6.61 Å². The van der Waals surface area contributed by atoms with Gasteiger partial charge < -0.3 is 10.5 Å². The summed E-state index contributed by atoms with van der Waals surface area (Å²) in [6.45, 7) is 0.578. The van der Waals surface area contributed by atoms with E-state index in [1.165, 1.54) is 24.8 Å². The topological polar surface area (TPSA) is 35.2 Å². The third kappa shape index (κ3) is 2.82. The van der Waals surface area contributed by atoms with Crippen molar-refractivity contribution in [3.05, 3.63) is 34.3 Å². The summed E-state index contributed by atoms with van der Waals surface area (Å²) in [6.07, 6.45) is 5.85. The van der Waals surface area contributed by atoms with Crippen molar-refractivity contribution in [2.24, 2.45) is 5.73 Å². The highest BCUT2D eigenvalue weighted by atomic mass is 35.5. The average molecular weight is 254 g/mol. The summed E-state index contributed by atoms with van der Waals surface area (Å²) in [6, 6.07) is 5.98. The molecule has 2 rings (SSSR count). The molecule has 1 aliphatic rings. The third-order valence-corrected chi connectivity index (χ3v) is 3.88. The van der Waals surface area contributed by atoms with E-state index in [0.717, 1.165) is 23.4 Å². The average Bonchev–Trinajstić information content (AvgIpc) is 2.30. The van der Waals surface area contributed by atoms with E-state index < -0.39 is 0 Å². The summed E-state index contributed by atoms with van der Waals surface area (Å²) in [5, 5.41) is 0.750. The molecule has 0 amide bonds. The Morgan fingerprint density at radius 2 is 2.00 bits per heavy atom. The number of rotatable bonds is 3. The first-order valence-corrected chi connectivity index (χ1v) is 6.60. The Morgan fingerprint density at radius 1 is 1.29 bits per heavy atom. The van der Waals surface area contributed by atoms with Gasteiger partial charge in [0.2, 0.25) is 0 Å². The fourth-order valence-electron chi connectivity index (χ4n) is 2.77. The van der Waals surface area contributed by atoms with E-state index in [9.17, 15) is 0 Å². The predicted molar refractivity (Wildman–Crippen MR) is 71.1 cm³/mol. The zero-order valence-electron chi connectivity index (χ0n) is 10.3. The molecule has 0 spiro atoms. The van der Waals surface area contributed by atoms with Gasteiger partial charge in [-0.15, -0.1) is 0 Å². The molecule has 0 aliphatic heterocycles. The van der Waals surface area contributed by atoms with Gasteiger partial charge in [0, 0.05) is 17.7 Å². The van der Waals surface area contributed by atoms with Crippen LogP contribution in [0.25, 0.3) is 0 Å². The molecular formula is C14H20ClNO. The molecule has 94 valence electrons. The molecule has 3 heteroatoms. The van der Waals surface area contributed by atoms with E-state index >= 15 is 0 Å². The number of nitrogens with two attached hydrogens (primary N) is 1. The van der Waals surface area contributed by atoms with Crippen molar-refractivity contribution in [3.63, 3.8) is 0 Å². The summed E-state index contributed by atoms with van der Waals surface area (Å²) in [7, 11) is 1.70. The van der Waals surface area contributed by atoms with E-state index in [1.807, 2.05) is 12.1 Å². The maximum absolute atomic E-state index is 6.56. The smallest absolute Gasteiger partial charge is 0.0716 e. The Kier molecular flexibility index (Phi) is 4.08. The van der Waals surface area contributed by atoms with Crippen molar-refractivity contribution in [1.29, 1.82) is 0 Å². The first-order chi connectivity index (χ1) is 8.15. The van der Waals surface area contributed by atoms with Crippen LogP contribution in [0.3, 0.4) is 0 Å². The third-order valence-electron chi connectivity index (χ3n) is 3.65. The van der Waals surface area contributed by atoms with E-state index in [1.54, 1.807) is 7.11 Å². The predicted octanol–water partition coefficient (Wildman–Crippen LogP) is 3.60. The second kappa shape index (κ2) is 5.38. The van der Waals surface area contributed by atoms with Crippen LogP contribution in [0.15, 0.2) is 18.2 Å².